The largest absolute Gasteiger partial charge is 0.381 e. The highest BCUT2D eigenvalue weighted by molar-refractivity contribution is 6.29. The molecule has 1 heterocycles. The van der Waals surface area contributed by atoms with Crippen molar-refractivity contribution in [2.24, 2.45) is 0 Å². The number of amides is 1. The maximum Gasteiger partial charge on any atom is 0.229 e. The molecule has 0 aliphatic rings. The van der Waals surface area contributed by atoms with Crippen molar-refractivity contribution >= 4 is 17.5 Å². The summed E-state index contributed by atoms with van der Waals surface area (Å²) < 4.78 is 10.4. The van der Waals surface area contributed by atoms with Gasteiger partial charge in [0.1, 0.15) is 0 Å². The van der Waals surface area contributed by atoms with Gasteiger partial charge in [0.05, 0.1) is 12.3 Å². The Kier molecular flexibility index (Phi) is 7.79. The minimum absolute atomic E-state index is 0.00375. The summed E-state index contributed by atoms with van der Waals surface area (Å²) in [5, 5.41) is 6.91. The zero-order valence-corrected chi connectivity index (χ0v) is 14.6. The molecule has 0 unspecified atom stereocenters. The number of carbonyl (C=O) groups is 1. The summed E-state index contributed by atoms with van der Waals surface area (Å²) in [6, 6.07) is 10.2. The van der Waals surface area contributed by atoms with Gasteiger partial charge in [-0.05, 0) is 43.4 Å². The minimum Gasteiger partial charge on any atom is -0.381 e. The first kappa shape index (κ1) is 18.5. The van der Waals surface area contributed by atoms with Crippen molar-refractivity contribution in [3.05, 3.63) is 52.4 Å². The fourth-order valence-corrected chi connectivity index (χ4v) is 2.57. The maximum atomic E-state index is 11.8. The summed E-state index contributed by atoms with van der Waals surface area (Å²) in [5.74, 6) is -0.00375. The third-order valence-electron chi connectivity index (χ3n) is 3.70. The van der Waals surface area contributed by atoms with E-state index in [1.54, 1.807) is 0 Å². The van der Waals surface area contributed by atoms with Gasteiger partial charge >= 0.3 is 0 Å². The molecular weight excluding hydrogens is 328 g/mol. The summed E-state index contributed by atoms with van der Waals surface area (Å²) in [6.45, 7) is 3.77. The van der Waals surface area contributed by atoms with Crippen molar-refractivity contribution in [1.82, 2.24) is 10.5 Å². The molecule has 0 fully saturated rings. The Labute approximate surface area is 147 Å². The van der Waals surface area contributed by atoms with Crippen LogP contribution in [0.3, 0.4) is 0 Å². The molecule has 0 aliphatic carbocycles. The summed E-state index contributed by atoms with van der Waals surface area (Å²) in [5.41, 5.74) is 2.81. The van der Waals surface area contributed by atoms with Gasteiger partial charge in [-0.25, -0.2) is 0 Å². The predicted octanol–water partition coefficient (Wildman–Crippen LogP) is 3.33. The third kappa shape index (κ3) is 6.34. The first-order chi connectivity index (χ1) is 11.7. The summed E-state index contributed by atoms with van der Waals surface area (Å²) in [6.07, 6.45) is 2.61. The van der Waals surface area contributed by atoms with Crippen LogP contribution in [0, 0.1) is 6.92 Å². The van der Waals surface area contributed by atoms with Crippen molar-refractivity contribution < 1.29 is 14.1 Å². The molecule has 5 nitrogen and oxygen atoms in total. The monoisotopic (exact) mass is 350 g/mol. The van der Waals surface area contributed by atoms with Crippen LogP contribution in [0.25, 0.3) is 0 Å². The molecule has 1 N–H and O–H groups in total. The normalized spacial score (nSPS) is 10.8. The standard InChI is InChI=1S/C18H23ClN2O3/c1-14-16(18(19)24-21-14)8-9-17(22)20-11-5-12-23-13-10-15-6-3-2-4-7-15/h2-4,6-7H,5,8-13H2,1H3,(H,20,22). The number of halogens is 1. The number of rotatable bonds is 10. The zero-order chi connectivity index (χ0) is 17.2. The smallest absolute Gasteiger partial charge is 0.229 e. The highest BCUT2D eigenvalue weighted by Gasteiger charge is 2.12. The first-order valence-corrected chi connectivity index (χ1v) is 8.53. The Hall–Kier alpha value is -1.85. The lowest BCUT2D eigenvalue weighted by atomic mass is 10.1. The summed E-state index contributed by atoms with van der Waals surface area (Å²) in [4.78, 5) is 11.8. The SMILES string of the molecule is Cc1noc(Cl)c1CCC(=O)NCCCOCCc1ccccc1. The van der Waals surface area contributed by atoms with Crippen molar-refractivity contribution in [3.63, 3.8) is 0 Å². The summed E-state index contributed by atoms with van der Waals surface area (Å²) >= 11 is 5.87. The highest BCUT2D eigenvalue weighted by Crippen LogP contribution is 2.20. The Morgan fingerprint density at radius 1 is 1.25 bits per heavy atom. The fourth-order valence-electron chi connectivity index (χ4n) is 2.31. The van der Waals surface area contributed by atoms with Crippen LogP contribution in [0.4, 0.5) is 0 Å². The second-order valence-corrected chi connectivity index (χ2v) is 5.92. The van der Waals surface area contributed by atoms with Gasteiger partial charge in [-0.2, -0.15) is 0 Å². The van der Waals surface area contributed by atoms with Crippen LogP contribution in [0.5, 0.6) is 0 Å². The number of aryl methyl sites for hydroxylation is 1. The second kappa shape index (κ2) is 10.1. The molecule has 0 saturated heterocycles. The topological polar surface area (TPSA) is 64.4 Å². The maximum absolute atomic E-state index is 11.8. The minimum atomic E-state index is -0.00375. The van der Waals surface area contributed by atoms with Crippen LogP contribution in [0.2, 0.25) is 5.22 Å². The van der Waals surface area contributed by atoms with Crippen LogP contribution in [0.15, 0.2) is 34.9 Å². The van der Waals surface area contributed by atoms with Gasteiger partial charge < -0.3 is 14.6 Å². The molecule has 0 atom stereocenters. The number of aromatic nitrogens is 1. The second-order valence-electron chi connectivity index (χ2n) is 5.57. The Morgan fingerprint density at radius 3 is 2.75 bits per heavy atom. The van der Waals surface area contributed by atoms with E-state index in [0.29, 0.717) is 32.6 Å². The van der Waals surface area contributed by atoms with E-state index in [4.69, 9.17) is 20.9 Å². The lowest BCUT2D eigenvalue weighted by molar-refractivity contribution is -0.121. The van der Waals surface area contributed by atoms with Gasteiger partial charge in [0.2, 0.25) is 11.1 Å². The number of carbonyl (C=O) groups excluding carboxylic acids is 1. The fraction of sp³-hybridized carbons (Fsp3) is 0.444. The molecule has 130 valence electrons. The Bertz CT molecular complexity index is 609. The number of nitrogens with one attached hydrogen (secondary N) is 1. The molecule has 0 bridgehead atoms. The molecule has 0 aliphatic heterocycles. The molecule has 24 heavy (non-hydrogen) atoms. The predicted molar refractivity (Wildman–Crippen MR) is 93.2 cm³/mol. The van der Waals surface area contributed by atoms with E-state index in [9.17, 15) is 4.79 Å². The summed E-state index contributed by atoms with van der Waals surface area (Å²) in [7, 11) is 0. The molecule has 0 saturated carbocycles. The van der Waals surface area contributed by atoms with Crippen LogP contribution in [-0.4, -0.2) is 30.8 Å². The average molecular weight is 351 g/mol. The van der Waals surface area contributed by atoms with Crippen LogP contribution >= 0.6 is 11.6 Å². The van der Waals surface area contributed by atoms with Crippen molar-refractivity contribution in [2.75, 3.05) is 19.8 Å². The Balaban J connectivity index is 1.49. The van der Waals surface area contributed by atoms with Crippen LogP contribution < -0.4 is 5.32 Å². The molecule has 1 aromatic heterocycles. The van der Waals surface area contributed by atoms with Gasteiger partial charge in [-0.3, -0.25) is 4.79 Å². The lowest BCUT2D eigenvalue weighted by Crippen LogP contribution is -2.25. The van der Waals surface area contributed by atoms with Crippen molar-refractivity contribution in [1.29, 1.82) is 0 Å². The lowest BCUT2D eigenvalue weighted by Gasteiger charge is -2.06. The molecule has 2 rings (SSSR count). The average Bonchev–Trinajstić information content (AvgIpc) is 2.91. The van der Waals surface area contributed by atoms with Gasteiger partial charge in [0.15, 0.2) is 0 Å². The highest BCUT2D eigenvalue weighted by atomic mass is 35.5. The molecule has 0 spiro atoms. The van der Waals surface area contributed by atoms with Crippen molar-refractivity contribution in [3.8, 4) is 0 Å². The third-order valence-corrected chi connectivity index (χ3v) is 4.00. The van der Waals surface area contributed by atoms with E-state index in [-0.39, 0.29) is 11.1 Å². The number of hydrogen-bond donors (Lipinski definition) is 1. The molecule has 1 amide bonds. The first-order valence-electron chi connectivity index (χ1n) is 8.16. The molecule has 2 aromatic rings. The number of nitrogens with zero attached hydrogens (tertiary/aromatic N) is 1. The quantitative estimate of drug-likeness (QED) is 0.667. The number of benzene rings is 1. The van der Waals surface area contributed by atoms with Gasteiger partial charge in [-0.15, -0.1) is 0 Å². The number of hydrogen-bond acceptors (Lipinski definition) is 4. The van der Waals surface area contributed by atoms with E-state index >= 15 is 0 Å². The van der Waals surface area contributed by atoms with Crippen molar-refractivity contribution in [2.45, 2.75) is 32.6 Å². The molecular formula is C18H23ClN2O3. The molecule has 0 radical (unpaired) electrons. The zero-order valence-electron chi connectivity index (χ0n) is 13.9. The molecule has 1 aromatic carbocycles. The van der Waals surface area contributed by atoms with E-state index in [0.717, 1.165) is 24.1 Å². The van der Waals surface area contributed by atoms with Crippen LogP contribution in [-0.2, 0) is 22.4 Å². The Morgan fingerprint density at radius 2 is 2.04 bits per heavy atom. The van der Waals surface area contributed by atoms with Crippen LogP contribution in [0.1, 0.15) is 29.7 Å². The van der Waals surface area contributed by atoms with E-state index < -0.39 is 0 Å². The van der Waals surface area contributed by atoms with E-state index in [2.05, 4.69) is 22.6 Å². The van der Waals surface area contributed by atoms with E-state index in [1.165, 1.54) is 5.56 Å². The number of ether oxygens (including phenoxy) is 1. The van der Waals surface area contributed by atoms with E-state index in [1.807, 2.05) is 25.1 Å². The molecule has 6 heteroatoms. The van der Waals surface area contributed by atoms with Gasteiger partial charge in [-0.1, -0.05) is 35.5 Å². The van der Waals surface area contributed by atoms with Gasteiger partial charge in [0.25, 0.3) is 0 Å². The van der Waals surface area contributed by atoms with Gasteiger partial charge in [0, 0.05) is 25.1 Å².